The summed E-state index contributed by atoms with van der Waals surface area (Å²) in [5.41, 5.74) is 1.60. The topological polar surface area (TPSA) is 24.9 Å². The number of hydrogen-bond donors (Lipinski definition) is 1. The molecule has 0 aliphatic rings. The maximum atomic E-state index is 13.4. The van der Waals surface area contributed by atoms with E-state index >= 15 is 0 Å². The highest BCUT2D eigenvalue weighted by atomic mass is 79.9. The van der Waals surface area contributed by atoms with E-state index in [0.717, 1.165) is 19.8 Å². The van der Waals surface area contributed by atoms with Gasteiger partial charge in [0.05, 0.1) is 14.7 Å². The minimum atomic E-state index is -0.297. The molecule has 96 valence electrons. The number of benzene rings is 2. The smallest absolute Gasteiger partial charge is 0.188 e. The first-order valence-electron chi connectivity index (χ1n) is 5.40. The number of hydrogen-bond acceptors (Lipinski definition) is 3. The van der Waals surface area contributed by atoms with Crippen LogP contribution in [-0.2, 0) is 0 Å². The molecule has 1 aromatic heterocycles. The molecular weight excluding hydrogens is 395 g/mol. The number of nitrogens with zero attached hydrogens (tertiary/aromatic N) is 1. The van der Waals surface area contributed by atoms with Crippen LogP contribution in [0.4, 0.5) is 15.2 Å². The van der Waals surface area contributed by atoms with Crippen molar-refractivity contribution in [1.82, 2.24) is 4.98 Å². The third-order valence-corrected chi connectivity index (χ3v) is 4.59. The van der Waals surface area contributed by atoms with Crippen LogP contribution in [0.5, 0.6) is 0 Å². The number of fused-ring (bicyclic) bond motifs is 1. The van der Waals surface area contributed by atoms with Crippen molar-refractivity contribution in [3.63, 3.8) is 0 Å². The molecule has 0 aliphatic carbocycles. The van der Waals surface area contributed by atoms with Gasteiger partial charge in [-0.1, -0.05) is 27.3 Å². The SMILES string of the molecule is Fc1cc(Nc2nc3ccc(Br)cc3s2)ccc1Br. The summed E-state index contributed by atoms with van der Waals surface area (Å²) in [7, 11) is 0. The predicted molar refractivity (Wildman–Crippen MR) is 84.7 cm³/mol. The van der Waals surface area contributed by atoms with E-state index in [1.807, 2.05) is 18.2 Å². The van der Waals surface area contributed by atoms with E-state index in [1.54, 1.807) is 12.1 Å². The maximum absolute atomic E-state index is 13.4. The first-order chi connectivity index (χ1) is 9.11. The van der Waals surface area contributed by atoms with Crippen molar-refractivity contribution >= 4 is 64.2 Å². The zero-order valence-corrected chi connectivity index (χ0v) is 13.4. The van der Waals surface area contributed by atoms with E-state index in [2.05, 4.69) is 42.2 Å². The highest BCUT2D eigenvalue weighted by Crippen LogP contribution is 2.31. The molecule has 2 nitrogen and oxygen atoms in total. The van der Waals surface area contributed by atoms with Gasteiger partial charge in [-0.05, 0) is 52.3 Å². The zero-order chi connectivity index (χ0) is 13.4. The molecule has 0 unspecified atom stereocenters. The molecular formula is C13H7Br2FN2S. The van der Waals surface area contributed by atoms with Crippen LogP contribution in [0.15, 0.2) is 45.3 Å². The highest BCUT2D eigenvalue weighted by Gasteiger charge is 2.06. The molecule has 0 saturated carbocycles. The van der Waals surface area contributed by atoms with Crippen LogP contribution in [0, 0.1) is 5.82 Å². The van der Waals surface area contributed by atoms with Crippen molar-refractivity contribution in [2.24, 2.45) is 0 Å². The van der Waals surface area contributed by atoms with Gasteiger partial charge in [0.1, 0.15) is 5.82 Å². The molecule has 0 aliphatic heterocycles. The number of rotatable bonds is 2. The Bertz CT molecular complexity index is 757. The Morgan fingerprint density at radius 3 is 2.74 bits per heavy atom. The first kappa shape index (κ1) is 13.0. The number of halogens is 3. The molecule has 0 atom stereocenters. The molecule has 1 N–H and O–H groups in total. The molecule has 0 fully saturated rings. The molecule has 19 heavy (non-hydrogen) atoms. The second-order valence-electron chi connectivity index (χ2n) is 3.88. The summed E-state index contributed by atoms with van der Waals surface area (Å²) in [6.45, 7) is 0. The van der Waals surface area contributed by atoms with Crippen molar-refractivity contribution in [1.29, 1.82) is 0 Å². The van der Waals surface area contributed by atoms with E-state index in [-0.39, 0.29) is 5.82 Å². The van der Waals surface area contributed by atoms with Gasteiger partial charge in [0.25, 0.3) is 0 Å². The van der Waals surface area contributed by atoms with E-state index < -0.39 is 0 Å². The third kappa shape index (κ3) is 2.80. The number of aromatic nitrogens is 1. The standard InChI is InChI=1S/C13H7Br2FN2S/c14-7-1-4-11-12(5-7)19-13(18-11)17-8-2-3-9(15)10(16)6-8/h1-6H,(H,17,18). The summed E-state index contributed by atoms with van der Waals surface area (Å²) < 4.78 is 16.0. The van der Waals surface area contributed by atoms with Crippen molar-refractivity contribution in [3.05, 3.63) is 51.2 Å². The lowest BCUT2D eigenvalue weighted by Crippen LogP contribution is -1.90. The lowest BCUT2D eigenvalue weighted by molar-refractivity contribution is 0.622. The van der Waals surface area contributed by atoms with Gasteiger partial charge >= 0.3 is 0 Å². The molecule has 1 heterocycles. The maximum Gasteiger partial charge on any atom is 0.188 e. The molecule has 6 heteroatoms. The zero-order valence-electron chi connectivity index (χ0n) is 9.45. The van der Waals surface area contributed by atoms with E-state index in [4.69, 9.17) is 0 Å². The van der Waals surface area contributed by atoms with E-state index in [1.165, 1.54) is 17.4 Å². The summed E-state index contributed by atoms with van der Waals surface area (Å²) in [6, 6.07) is 10.8. The fourth-order valence-corrected chi connectivity index (χ4v) is 3.33. The van der Waals surface area contributed by atoms with Gasteiger partial charge in [-0.2, -0.15) is 0 Å². The van der Waals surface area contributed by atoms with Crippen molar-refractivity contribution in [2.45, 2.75) is 0 Å². The van der Waals surface area contributed by atoms with Crippen LogP contribution in [0.3, 0.4) is 0 Å². The Hall–Kier alpha value is -0.980. The average Bonchev–Trinajstić information content (AvgIpc) is 2.75. The van der Waals surface area contributed by atoms with Crippen LogP contribution in [-0.4, -0.2) is 4.98 Å². The van der Waals surface area contributed by atoms with Gasteiger partial charge in [0, 0.05) is 10.2 Å². The number of thiazole rings is 1. The second-order valence-corrected chi connectivity index (χ2v) is 6.69. The number of anilines is 2. The van der Waals surface area contributed by atoms with Gasteiger partial charge in [0.15, 0.2) is 5.13 Å². The number of nitrogens with one attached hydrogen (secondary N) is 1. The fraction of sp³-hybridized carbons (Fsp3) is 0. The third-order valence-electron chi connectivity index (χ3n) is 2.52. The highest BCUT2D eigenvalue weighted by molar-refractivity contribution is 9.10. The molecule has 2 aromatic carbocycles. The molecule has 3 rings (SSSR count). The van der Waals surface area contributed by atoms with Crippen molar-refractivity contribution in [2.75, 3.05) is 5.32 Å². The van der Waals surface area contributed by atoms with Gasteiger partial charge in [0.2, 0.25) is 0 Å². The Labute approximate surface area is 129 Å². The molecule has 0 radical (unpaired) electrons. The lowest BCUT2D eigenvalue weighted by Gasteiger charge is -2.02. The van der Waals surface area contributed by atoms with Crippen LogP contribution < -0.4 is 5.32 Å². The van der Waals surface area contributed by atoms with Crippen LogP contribution in [0.25, 0.3) is 10.2 Å². The van der Waals surface area contributed by atoms with Crippen LogP contribution in [0.1, 0.15) is 0 Å². The summed E-state index contributed by atoms with van der Waals surface area (Å²) in [6.07, 6.45) is 0. The monoisotopic (exact) mass is 400 g/mol. The van der Waals surface area contributed by atoms with Crippen molar-refractivity contribution in [3.8, 4) is 0 Å². The summed E-state index contributed by atoms with van der Waals surface area (Å²) in [5.74, 6) is -0.297. The molecule has 3 aromatic rings. The van der Waals surface area contributed by atoms with Gasteiger partial charge in [-0.25, -0.2) is 9.37 Å². The van der Waals surface area contributed by atoms with Gasteiger partial charge in [-0.15, -0.1) is 0 Å². The van der Waals surface area contributed by atoms with Crippen molar-refractivity contribution < 1.29 is 4.39 Å². The quantitative estimate of drug-likeness (QED) is 0.595. The normalized spacial score (nSPS) is 10.9. The average molecular weight is 402 g/mol. The fourth-order valence-electron chi connectivity index (χ4n) is 1.65. The minimum Gasteiger partial charge on any atom is -0.331 e. The lowest BCUT2D eigenvalue weighted by atomic mass is 10.3. The Balaban J connectivity index is 1.94. The summed E-state index contributed by atoms with van der Waals surface area (Å²) >= 11 is 8.09. The minimum absolute atomic E-state index is 0.297. The largest absolute Gasteiger partial charge is 0.331 e. The molecule has 0 saturated heterocycles. The van der Waals surface area contributed by atoms with Gasteiger partial charge < -0.3 is 5.32 Å². The molecule has 0 bridgehead atoms. The van der Waals surface area contributed by atoms with Crippen LogP contribution in [0.2, 0.25) is 0 Å². The first-order valence-corrected chi connectivity index (χ1v) is 7.80. The van der Waals surface area contributed by atoms with Crippen LogP contribution >= 0.6 is 43.2 Å². The molecule has 0 amide bonds. The van der Waals surface area contributed by atoms with E-state index in [0.29, 0.717) is 10.2 Å². The Morgan fingerprint density at radius 2 is 1.95 bits per heavy atom. The van der Waals surface area contributed by atoms with Gasteiger partial charge in [-0.3, -0.25) is 0 Å². The Morgan fingerprint density at radius 1 is 1.11 bits per heavy atom. The Kier molecular flexibility index (Phi) is 3.56. The second kappa shape index (κ2) is 5.19. The molecule has 0 spiro atoms. The summed E-state index contributed by atoms with van der Waals surface area (Å²) in [4.78, 5) is 4.45. The van der Waals surface area contributed by atoms with E-state index in [9.17, 15) is 4.39 Å². The summed E-state index contributed by atoms with van der Waals surface area (Å²) in [5, 5.41) is 3.86. The predicted octanol–water partition coefficient (Wildman–Crippen LogP) is 5.70.